The minimum Gasteiger partial charge on any atom is -0.380 e. The molecule has 0 bridgehead atoms. The van der Waals surface area contributed by atoms with E-state index in [2.05, 4.69) is 33.0 Å². The fraction of sp³-hybridized carbons (Fsp3) is 1.00. The van der Waals surface area contributed by atoms with E-state index >= 15 is 0 Å². The molecule has 0 saturated carbocycles. The number of hydrogen-bond acceptors (Lipinski definition) is 2. The molecule has 0 spiro atoms. The lowest BCUT2D eigenvalue weighted by Gasteiger charge is -2.21. The lowest BCUT2D eigenvalue weighted by Crippen LogP contribution is -2.37. The summed E-state index contributed by atoms with van der Waals surface area (Å²) in [6, 6.07) is 0.590. The normalized spacial score (nSPS) is 18.8. The van der Waals surface area contributed by atoms with Gasteiger partial charge in [0.2, 0.25) is 0 Å². The first-order valence-corrected chi connectivity index (χ1v) is 4.88. The zero-order valence-corrected chi connectivity index (χ0v) is 9.05. The van der Waals surface area contributed by atoms with E-state index < -0.39 is 0 Å². The zero-order chi connectivity index (χ0) is 9.56. The Morgan fingerprint density at radius 1 is 1.25 bits per heavy atom. The van der Waals surface area contributed by atoms with Crippen molar-refractivity contribution in [2.45, 2.75) is 46.3 Å². The van der Waals surface area contributed by atoms with Crippen LogP contribution in [0.25, 0.3) is 0 Å². The van der Waals surface area contributed by atoms with Gasteiger partial charge in [-0.3, -0.25) is 0 Å². The van der Waals surface area contributed by atoms with E-state index in [1.54, 1.807) is 7.11 Å². The monoisotopic (exact) mass is 173 g/mol. The highest BCUT2D eigenvalue weighted by Gasteiger charge is 2.09. The molecule has 0 aromatic rings. The standard InChI is InChI=1S/C10H23NO/c1-6-8(2)10(4)11-7-9(3)12-5/h8-11H,6-7H2,1-5H3. The number of nitrogens with one attached hydrogen (secondary N) is 1. The molecule has 3 unspecified atom stereocenters. The molecule has 2 heteroatoms. The molecule has 1 N–H and O–H groups in total. The van der Waals surface area contributed by atoms with Gasteiger partial charge in [0.1, 0.15) is 0 Å². The summed E-state index contributed by atoms with van der Waals surface area (Å²) in [5.74, 6) is 0.744. The van der Waals surface area contributed by atoms with Crippen molar-refractivity contribution in [3.05, 3.63) is 0 Å². The Morgan fingerprint density at radius 2 is 1.83 bits per heavy atom. The predicted molar refractivity (Wildman–Crippen MR) is 53.4 cm³/mol. The van der Waals surface area contributed by atoms with Crippen LogP contribution in [0.2, 0.25) is 0 Å². The Labute approximate surface area is 76.7 Å². The number of methoxy groups -OCH3 is 1. The quantitative estimate of drug-likeness (QED) is 0.663. The molecule has 12 heavy (non-hydrogen) atoms. The fourth-order valence-electron chi connectivity index (χ4n) is 0.990. The molecule has 0 fully saturated rings. The van der Waals surface area contributed by atoms with Crippen molar-refractivity contribution in [2.24, 2.45) is 5.92 Å². The second kappa shape index (κ2) is 6.44. The zero-order valence-electron chi connectivity index (χ0n) is 9.05. The third-order valence-corrected chi connectivity index (χ3v) is 2.63. The molecule has 2 nitrogen and oxygen atoms in total. The van der Waals surface area contributed by atoms with E-state index in [0.717, 1.165) is 12.5 Å². The topological polar surface area (TPSA) is 21.3 Å². The van der Waals surface area contributed by atoms with E-state index in [1.807, 2.05) is 0 Å². The predicted octanol–water partition coefficient (Wildman–Crippen LogP) is 2.05. The Bertz CT molecular complexity index is 106. The minimum atomic E-state index is 0.316. The van der Waals surface area contributed by atoms with Crippen LogP contribution in [-0.4, -0.2) is 25.8 Å². The maximum Gasteiger partial charge on any atom is 0.0667 e. The molecular weight excluding hydrogens is 150 g/mol. The molecule has 0 aliphatic heterocycles. The molecule has 0 aromatic heterocycles. The van der Waals surface area contributed by atoms with Gasteiger partial charge in [-0.15, -0.1) is 0 Å². The Morgan fingerprint density at radius 3 is 2.25 bits per heavy atom. The highest BCUT2D eigenvalue weighted by atomic mass is 16.5. The molecule has 3 atom stereocenters. The van der Waals surface area contributed by atoms with Gasteiger partial charge in [-0.25, -0.2) is 0 Å². The van der Waals surface area contributed by atoms with Gasteiger partial charge < -0.3 is 10.1 Å². The van der Waals surface area contributed by atoms with Crippen molar-refractivity contribution in [2.75, 3.05) is 13.7 Å². The Hall–Kier alpha value is -0.0800. The summed E-state index contributed by atoms with van der Waals surface area (Å²) in [7, 11) is 1.75. The SMILES string of the molecule is CCC(C)C(C)NCC(C)OC. The van der Waals surface area contributed by atoms with E-state index in [-0.39, 0.29) is 0 Å². The largest absolute Gasteiger partial charge is 0.380 e. The average molecular weight is 173 g/mol. The van der Waals surface area contributed by atoms with Gasteiger partial charge in [0.15, 0.2) is 0 Å². The smallest absolute Gasteiger partial charge is 0.0667 e. The van der Waals surface area contributed by atoms with Crippen LogP contribution in [0.4, 0.5) is 0 Å². The van der Waals surface area contributed by atoms with Gasteiger partial charge in [-0.05, 0) is 19.8 Å². The average Bonchev–Trinajstić information content (AvgIpc) is 2.11. The second-order valence-electron chi connectivity index (χ2n) is 3.63. The molecule has 0 aliphatic rings. The van der Waals surface area contributed by atoms with Crippen LogP contribution in [0, 0.1) is 5.92 Å². The highest BCUT2D eigenvalue weighted by molar-refractivity contribution is 4.68. The van der Waals surface area contributed by atoms with Crippen molar-refractivity contribution in [1.82, 2.24) is 5.32 Å². The molecular formula is C10H23NO. The van der Waals surface area contributed by atoms with Crippen molar-refractivity contribution in [3.63, 3.8) is 0 Å². The molecule has 0 radical (unpaired) electrons. The van der Waals surface area contributed by atoms with Crippen molar-refractivity contribution in [1.29, 1.82) is 0 Å². The third-order valence-electron chi connectivity index (χ3n) is 2.63. The van der Waals surface area contributed by atoms with Crippen molar-refractivity contribution >= 4 is 0 Å². The summed E-state index contributed by atoms with van der Waals surface area (Å²) >= 11 is 0. The number of hydrogen-bond donors (Lipinski definition) is 1. The second-order valence-corrected chi connectivity index (χ2v) is 3.63. The van der Waals surface area contributed by atoms with Crippen LogP contribution in [0.5, 0.6) is 0 Å². The van der Waals surface area contributed by atoms with Crippen molar-refractivity contribution in [3.8, 4) is 0 Å². The number of rotatable bonds is 6. The summed E-state index contributed by atoms with van der Waals surface area (Å²) in [4.78, 5) is 0. The molecule has 0 saturated heterocycles. The van der Waals surface area contributed by atoms with E-state index in [9.17, 15) is 0 Å². The van der Waals surface area contributed by atoms with E-state index in [0.29, 0.717) is 12.1 Å². The molecule has 0 amide bonds. The lowest BCUT2D eigenvalue weighted by atomic mass is 10.0. The van der Waals surface area contributed by atoms with Gasteiger partial charge in [0, 0.05) is 19.7 Å². The van der Waals surface area contributed by atoms with Gasteiger partial charge in [-0.1, -0.05) is 20.3 Å². The first-order valence-electron chi connectivity index (χ1n) is 4.88. The van der Waals surface area contributed by atoms with Crippen LogP contribution in [-0.2, 0) is 4.74 Å². The van der Waals surface area contributed by atoms with Crippen molar-refractivity contribution < 1.29 is 4.74 Å². The third kappa shape index (κ3) is 4.73. The maximum atomic E-state index is 5.15. The molecule has 0 aliphatic carbocycles. The van der Waals surface area contributed by atoms with Gasteiger partial charge >= 0.3 is 0 Å². The van der Waals surface area contributed by atoms with Crippen LogP contribution in [0.3, 0.4) is 0 Å². The van der Waals surface area contributed by atoms with Crippen LogP contribution in [0.15, 0.2) is 0 Å². The first kappa shape index (κ1) is 11.9. The van der Waals surface area contributed by atoms with Gasteiger partial charge in [-0.2, -0.15) is 0 Å². The van der Waals surface area contributed by atoms with Gasteiger partial charge in [0.05, 0.1) is 6.10 Å². The van der Waals surface area contributed by atoms with Crippen LogP contribution in [0.1, 0.15) is 34.1 Å². The summed E-state index contributed by atoms with van der Waals surface area (Å²) in [6.07, 6.45) is 1.55. The summed E-state index contributed by atoms with van der Waals surface area (Å²) in [5.41, 5.74) is 0. The molecule has 0 aromatic carbocycles. The highest BCUT2D eigenvalue weighted by Crippen LogP contribution is 2.06. The summed E-state index contributed by atoms with van der Waals surface area (Å²) in [6.45, 7) is 9.76. The Kier molecular flexibility index (Phi) is 6.39. The molecule has 0 rings (SSSR count). The molecule has 74 valence electrons. The van der Waals surface area contributed by atoms with Crippen LogP contribution >= 0.6 is 0 Å². The summed E-state index contributed by atoms with van der Waals surface area (Å²) < 4.78 is 5.15. The van der Waals surface area contributed by atoms with E-state index in [1.165, 1.54) is 6.42 Å². The van der Waals surface area contributed by atoms with E-state index in [4.69, 9.17) is 4.74 Å². The molecule has 0 heterocycles. The lowest BCUT2D eigenvalue weighted by molar-refractivity contribution is 0.112. The Balaban J connectivity index is 3.49. The van der Waals surface area contributed by atoms with Crippen LogP contribution < -0.4 is 5.32 Å². The fourth-order valence-corrected chi connectivity index (χ4v) is 0.990. The first-order chi connectivity index (χ1) is 5.61. The maximum absolute atomic E-state index is 5.15. The summed E-state index contributed by atoms with van der Waals surface area (Å²) in [5, 5.41) is 3.46. The number of ether oxygens (including phenoxy) is 1. The van der Waals surface area contributed by atoms with Gasteiger partial charge in [0.25, 0.3) is 0 Å². The minimum absolute atomic E-state index is 0.316.